The lowest BCUT2D eigenvalue weighted by Crippen LogP contribution is -2.37. The molecule has 0 aliphatic carbocycles. The van der Waals surface area contributed by atoms with Crippen molar-refractivity contribution >= 4 is 39.9 Å². The fourth-order valence-corrected chi connectivity index (χ4v) is 5.38. The SMILES string of the molecule is O=C(Nc1ccc(Cl)c(C(F)(F)F)c1)Nc1ccc(Oc2ccnc3cc(OCCCN4CCOCC4)c4c(c23)OCCO4)cc1F. The number of nitrogens with one attached hydrogen (secondary N) is 2. The number of anilines is 2. The number of amides is 2. The van der Waals surface area contributed by atoms with E-state index >= 15 is 4.39 Å². The van der Waals surface area contributed by atoms with Crippen LogP contribution in [0.25, 0.3) is 10.9 Å². The van der Waals surface area contributed by atoms with Crippen LogP contribution in [0.1, 0.15) is 12.0 Å². The number of aromatic nitrogens is 1. The number of fused-ring (bicyclic) bond motifs is 3. The smallest absolute Gasteiger partial charge is 0.417 e. The number of hydrogen-bond acceptors (Lipinski definition) is 8. The maximum atomic E-state index is 15.1. The van der Waals surface area contributed by atoms with Crippen molar-refractivity contribution in [3.8, 4) is 28.7 Å². The predicted molar refractivity (Wildman–Crippen MR) is 166 cm³/mol. The van der Waals surface area contributed by atoms with E-state index in [4.69, 9.17) is 35.3 Å². The van der Waals surface area contributed by atoms with Gasteiger partial charge in [0.1, 0.15) is 30.5 Å². The first-order valence-electron chi connectivity index (χ1n) is 14.7. The zero-order valence-corrected chi connectivity index (χ0v) is 25.5. The summed E-state index contributed by atoms with van der Waals surface area (Å²) in [6, 6.07) is 9.00. The molecule has 0 bridgehead atoms. The molecular formula is C32H29ClF4N4O6. The Kier molecular flexibility index (Phi) is 9.71. The highest BCUT2D eigenvalue weighted by atomic mass is 35.5. The first kappa shape index (κ1) is 32.4. The molecule has 0 saturated carbocycles. The van der Waals surface area contributed by atoms with Gasteiger partial charge in [-0.3, -0.25) is 9.88 Å². The summed E-state index contributed by atoms with van der Waals surface area (Å²) in [6.07, 6.45) is -2.37. The van der Waals surface area contributed by atoms with Gasteiger partial charge in [0.15, 0.2) is 11.5 Å². The average Bonchev–Trinajstić information content (AvgIpc) is 3.05. The standard InChI is InChI=1S/C32H29ClF4N4O6/c33-22-4-2-19(16-21(22)32(35,36)37)39-31(42)40-24-5-3-20(17-23(24)34)47-26-6-7-38-25-18-27(29-30(28(25)26)46-15-14-45-29)44-11-1-8-41-9-12-43-13-10-41/h2-7,16-18H,1,8-15H2,(H2,39,40,42). The summed E-state index contributed by atoms with van der Waals surface area (Å²) >= 11 is 5.62. The fraction of sp³-hybridized carbons (Fsp3) is 0.312. The van der Waals surface area contributed by atoms with E-state index in [2.05, 4.69) is 20.5 Å². The number of hydrogen-bond donors (Lipinski definition) is 2. The lowest BCUT2D eigenvalue weighted by atomic mass is 10.1. The molecule has 0 unspecified atom stereocenters. The van der Waals surface area contributed by atoms with Gasteiger partial charge in [-0.25, -0.2) is 9.18 Å². The third-order valence-corrected chi connectivity index (χ3v) is 7.70. The van der Waals surface area contributed by atoms with Crippen LogP contribution in [0.3, 0.4) is 0 Å². The van der Waals surface area contributed by atoms with E-state index in [1.165, 1.54) is 24.4 Å². The molecule has 1 fully saturated rings. The Morgan fingerprint density at radius 2 is 1.74 bits per heavy atom. The van der Waals surface area contributed by atoms with Gasteiger partial charge in [0.25, 0.3) is 0 Å². The predicted octanol–water partition coefficient (Wildman–Crippen LogP) is 7.35. The van der Waals surface area contributed by atoms with Crippen molar-refractivity contribution in [2.75, 3.05) is 63.3 Å². The van der Waals surface area contributed by atoms with E-state index in [-0.39, 0.29) is 17.1 Å². The first-order valence-corrected chi connectivity index (χ1v) is 15.1. The monoisotopic (exact) mass is 676 g/mol. The number of pyridine rings is 1. The number of nitrogens with zero attached hydrogens (tertiary/aromatic N) is 2. The first-order chi connectivity index (χ1) is 22.7. The molecule has 3 aromatic carbocycles. The zero-order chi connectivity index (χ0) is 33.0. The van der Waals surface area contributed by atoms with Crippen LogP contribution >= 0.6 is 11.6 Å². The summed E-state index contributed by atoms with van der Waals surface area (Å²) in [6.45, 7) is 5.21. The minimum atomic E-state index is -4.72. The van der Waals surface area contributed by atoms with Gasteiger partial charge in [0, 0.05) is 43.7 Å². The second-order valence-corrected chi connectivity index (χ2v) is 11.0. The second-order valence-electron chi connectivity index (χ2n) is 10.6. The Balaban J connectivity index is 1.15. The molecule has 2 aliphatic rings. The van der Waals surface area contributed by atoms with Crippen LogP contribution in [0.5, 0.6) is 28.7 Å². The average molecular weight is 677 g/mol. The summed E-state index contributed by atoms with van der Waals surface area (Å²) in [5.41, 5.74) is -1.01. The third-order valence-electron chi connectivity index (χ3n) is 7.37. The third kappa shape index (κ3) is 7.72. The van der Waals surface area contributed by atoms with E-state index < -0.39 is 28.6 Å². The number of carbonyl (C=O) groups excluding carboxylic acids is 1. The number of ether oxygens (including phenoxy) is 5. The lowest BCUT2D eigenvalue weighted by molar-refractivity contribution is -0.137. The molecule has 0 atom stereocenters. The normalized spacial score (nSPS) is 14.9. The van der Waals surface area contributed by atoms with Crippen molar-refractivity contribution in [3.05, 3.63) is 71.1 Å². The van der Waals surface area contributed by atoms with Crippen LogP contribution in [0, 0.1) is 5.82 Å². The van der Waals surface area contributed by atoms with Gasteiger partial charge in [-0.2, -0.15) is 13.2 Å². The van der Waals surface area contributed by atoms with Crippen LogP contribution in [-0.4, -0.2) is 68.6 Å². The molecule has 15 heteroatoms. The molecule has 6 rings (SSSR count). The molecular weight excluding hydrogens is 648 g/mol. The highest BCUT2D eigenvalue weighted by Gasteiger charge is 2.33. The van der Waals surface area contributed by atoms with Crippen LogP contribution in [-0.2, 0) is 10.9 Å². The Morgan fingerprint density at radius 3 is 2.51 bits per heavy atom. The number of benzene rings is 3. The fourth-order valence-electron chi connectivity index (χ4n) is 5.15. The highest BCUT2D eigenvalue weighted by molar-refractivity contribution is 6.31. The largest absolute Gasteiger partial charge is 0.489 e. The minimum absolute atomic E-state index is 0.0994. The Bertz CT molecular complexity index is 1770. The van der Waals surface area contributed by atoms with E-state index in [9.17, 15) is 18.0 Å². The maximum absolute atomic E-state index is 15.1. The molecule has 0 radical (unpaired) electrons. The molecule has 2 amide bonds. The molecule has 248 valence electrons. The van der Waals surface area contributed by atoms with Crippen molar-refractivity contribution in [2.24, 2.45) is 0 Å². The number of halogens is 5. The van der Waals surface area contributed by atoms with Crippen molar-refractivity contribution in [3.63, 3.8) is 0 Å². The maximum Gasteiger partial charge on any atom is 0.417 e. The molecule has 1 saturated heterocycles. The van der Waals surface area contributed by atoms with Crippen molar-refractivity contribution in [2.45, 2.75) is 12.6 Å². The summed E-state index contributed by atoms with van der Waals surface area (Å²) < 4.78 is 84.0. The zero-order valence-electron chi connectivity index (χ0n) is 24.8. The molecule has 1 aromatic heterocycles. The van der Waals surface area contributed by atoms with Crippen molar-refractivity contribution < 1.29 is 46.0 Å². The summed E-state index contributed by atoms with van der Waals surface area (Å²) in [5, 5.41) is 4.50. The Morgan fingerprint density at radius 1 is 0.957 bits per heavy atom. The molecule has 3 heterocycles. The van der Waals surface area contributed by atoms with Gasteiger partial charge >= 0.3 is 12.2 Å². The van der Waals surface area contributed by atoms with E-state index in [1.54, 1.807) is 12.1 Å². The van der Waals surface area contributed by atoms with Crippen LogP contribution in [0.4, 0.5) is 33.7 Å². The van der Waals surface area contributed by atoms with Gasteiger partial charge in [-0.05, 0) is 42.8 Å². The highest BCUT2D eigenvalue weighted by Crippen LogP contribution is 2.48. The topological polar surface area (TPSA) is 103 Å². The molecule has 2 N–H and O–H groups in total. The van der Waals surface area contributed by atoms with E-state index in [0.29, 0.717) is 59.8 Å². The molecule has 47 heavy (non-hydrogen) atoms. The number of urea groups is 1. The summed E-state index contributed by atoms with van der Waals surface area (Å²) in [5.74, 6) is 0.877. The summed E-state index contributed by atoms with van der Waals surface area (Å²) in [4.78, 5) is 19.2. The lowest BCUT2D eigenvalue weighted by Gasteiger charge is -2.26. The Labute approximate surface area is 271 Å². The number of rotatable bonds is 9. The summed E-state index contributed by atoms with van der Waals surface area (Å²) in [7, 11) is 0. The number of morpholine rings is 1. The van der Waals surface area contributed by atoms with Crippen LogP contribution in [0.2, 0.25) is 5.02 Å². The van der Waals surface area contributed by atoms with Crippen LogP contribution < -0.4 is 29.6 Å². The molecule has 0 spiro atoms. The molecule has 4 aromatic rings. The van der Waals surface area contributed by atoms with Gasteiger partial charge in [-0.1, -0.05) is 11.6 Å². The molecule has 10 nitrogen and oxygen atoms in total. The number of carbonyl (C=O) groups is 1. The van der Waals surface area contributed by atoms with Crippen molar-refractivity contribution in [1.82, 2.24) is 9.88 Å². The van der Waals surface area contributed by atoms with Gasteiger partial charge in [0.05, 0.1) is 47.0 Å². The molecule has 2 aliphatic heterocycles. The quantitative estimate of drug-likeness (QED) is 0.140. The Hall–Kier alpha value is -4.53. The second kappa shape index (κ2) is 14.1. The van der Waals surface area contributed by atoms with Gasteiger partial charge in [-0.15, -0.1) is 0 Å². The van der Waals surface area contributed by atoms with Gasteiger partial charge < -0.3 is 34.3 Å². The van der Waals surface area contributed by atoms with E-state index in [0.717, 1.165) is 51.4 Å². The minimum Gasteiger partial charge on any atom is -0.489 e. The van der Waals surface area contributed by atoms with E-state index in [1.807, 2.05) is 0 Å². The van der Waals surface area contributed by atoms with Gasteiger partial charge in [0.2, 0.25) is 5.75 Å². The van der Waals surface area contributed by atoms with Crippen LogP contribution in [0.15, 0.2) is 54.7 Å². The van der Waals surface area contributed by atoms with Crippen molar-refractivity contribution in [1.29, 1.82) is 0 Å². The number of alkyl halides is 3.